The van der Waals surface area contributed by atoms with Crippen LogP contribution in [0.25, 0.3) is 0 Å². The van der Waals surface area contributed by atoms with E-state index in [0.717, 1.165) is 0 Å². The summed E-state index contributed by atoms with van der Waals surface area (Å²) in [5.74, 6) is -32.5. The lowest BCUT2D eigenvalue weighted by Gasteiger charge is -2.43. The van der Waals surface area contributed by atoms with Crippen LogP contribution < -0.4 is 0 Å². The molecule has 0 bridgehead atoms. The van der Waals surface area contributed by atoms with Crippen molar-refractivity contribution < 1.29 is 78.8 Å². The molecule has 0 aromatic rings. The maximum absolute atomic E-state index is 13.6. The molecule has 176 valence electrons. The van der Waals surface area contributed by atoms with E-state index in [0.29, 0.717) is 0 Å². The van der Waals surface area contributed by atoms with E-state index in [1.807, 2.05) is 0 Å². The largest absolute Gasteiger partial charge is 0.443 e. The van der Waals surface area contributed by atoms with Crippen LogP contribution in [0.3, 0.4) is 0 Å². The molecule has 0 aliphatic carbocycles. The third-order valence-corrected chi connectivity index (χ3v) is 4.85. The predicted octanol–water partition coefficient (Wildman–Crippen LogP) is 5.38. The highest BCUT2D eigenvalue weighted by molar-refractivity contribution is 7.87. The van der Waals surface area contributed by atoms with Gasteiger partial charge in [0.05, 0.1) is 0 Å². The second-order valence-corrected chi connectivity index (χ2v) is 7.44. The van der Waals surface area contributed by atoms with Crippen molar-refractivity contribution >= 4 is 33.3 Å². The Morgan fingerprint density at radius 1 is 0.517 bits per heavy atom. The van der Waals surface area contributed by atoms with E-state index in [-0.39, 0.29) is 0 Å². The molecule has 29 heavy (non-hydrogen) atoms. The van der Waals surface area contributed by atoms with E-state index in [1.165, 1.54) is 0 Å². The van der Waals surface area contributed by atoms with Crippen LogP contribution >= 0.6 is 23.2 Å². The number of halogens is 17. The van der Waals surface area contributed by atoms with Crippen molar-refractivity contribution in [3.8, 4) is 0 Å². The van der Waals surface area contributed by atoms with Crippen LogP contribution in [0.5, 0.6) is 0 Å². The first-order chi connectivity index (χ1) is 12.0. The van der Waals surface area contributed by atoms with Crippen molar-refractivity contribution in [1.82, 2.24) is 0 Å². The van der Waals surface area contributed by atoms with Crippen LogP contribution in [-0.2, 0) is 10.1 Å². The topological polar surface area (TPSA) is 54.4 Å². The Morgan fingerprint density at radius 2 is 0.759 bits per heavy atom. The van der Waals surface area contributed by atoms with Gasteiger partial charge >= 0.3 is 55.5 Å². The summed E-state index contributed by atoms with van der Waals surface area (Å²) in [6.45, 7) is 0. The summed E-state index contributed by atoms with van der Waals surface area (Å²) in [6, 6.07) is 0. The maximum atomic E-state index is 13.6. The normalized spacial score (nSPS) is 20.2. The first-order valence-corrected chi connectivity index (χ1v) is 7.88. The molecule has 2 unspecified atom stereocenters. The number of hydrogen-bond acceptors (Lipinski definition) is 2. The van der Waals surface area contributed by atoms with E-state index in [4.69, 9.17) is 4.55 Å². The van der Waals surface area contributed by atoms with E-state index < -0.39 is 55.5 Å². The molecule has 0 spiro atoms. The minimum absolute atomic E-state index is 3.46. The second-order valence-electron chi connectivity index (χ2n) is 4.94. The van der Waals surface area contributed by atoms with Gasteiger partial charge in [-0.1, -0.05) is 23.2 Å². The molecule has 0 aliphatic heterocycles. The smallest absolute Gasteiger partial charge is 0.281 e. The van der Waals surface area contributed by atoms with Gasteiger partial charge in [0.2, 0.25) is 0 Å². The Bertz CT molecular complexity index is 741. The van der Waals surface area contributed by atoms with Crippen LogP contribution in [0, 0.1) is 0 Å². The molecule has 0 aromatic heterocycles. The quantitative estimate of drug-likeness (QED) is 0.272. The van der Waals surface area contributed by atoms with E-state index in [2.05, 4.69) is 23.2 Å². The van der Waals surface area contributed by atoms with E-state index in [1.54, 1.807) is 0 Å². The molecule has 0 saturated heterocycles. The lowest BCUT2D eigenvalue weighted by Crippen LogP contribution is -2.74. The first kappa shape index (κ1) is 28.4. The highest BCUT2D eigenvalue weighted by atomic mass is 35.5. The molecule has 3 nitrogen and oxygen atoms in total. The van der Waals surface area contributed by atoms with Crippen LogP contribution in [0.1, 0.15) is 0 Å². The van der Waals surface area contributed by atoms with Gasteiger partial charge in [0.25, 0.3) is 0 Å². The van der Waals surface area contributed by atoms with Gasteiger partial charge in [-0.15, -0.1) is 0 Å². The summed E-state index contributed by atoms with van der Waals surface area (Å²) in [5, 5.41) is -22.6. The Kier molecular flexibility index (Phi) is 6.59. The Labute approximate surface area is 158 Å². The zero-order chi connectivity index (χ0) is 24.5. The number of rotatable bonds is 7. The lowest BCUT2D eigenvalue weighted by atomic mass is 9.93. The molecule has 21 heteroatoms. The summed E-state index contributed by atoms with van der Waals surface area (Å²) in [4.78, 5) is 0. The fourth-order valence-electron chi connectivity index (χ4n) is 1.31. The fraction of sp³-hybridized carbons (Fsp3) is 1.00. The molecule has 0 saturated carbocycles. The standard InChI is InChI=1S/C8HCl2F15O3S/c9-1(11,3(13,14)5(17,18)2(10,12)7(21,22)23)4(15,16)6(19,20)8(24,25)29(26,27)28/h(H,26,27,28). The first-order valence-electron chi connectivity index (χ1n) is 5.68. The van der Waals surface area contributed by atoms with Crippen molar-refractivity contribution in [3.05, 3.63) is 0 Å². The second kappa shape index (κ2) is 6.72. The van der Waals surface area contributed by atoms with Gasteiger partial charge < -0.3 is 0 Å². The molecule has 1 N–H and O–H groups in total. The summed E-state index contributed by atoms with van der Waals surface area (Å²) >= 11 is 6.93. The zero-order valence-corrected chi connectivity index (χ0v) is 14.4. The van der Waals surface area contributed by atoms with E-state index in [9.17, 15) is 74.3 Å². The highest BCUT2D eigenvalue weighted by Gasteiger charge is 2.94. The lowest BCUT2D eigenvalue weighted by molar-refractivity contribution is -0.385. The van der Waals surface area contributed by atoms with Crippen molar-refractivity contribution in [1.29, 1.82) is 0 Å². The van der Waals surface area contributed by atoms with E-state index >= 15 is 0 Å². The minimum atomic E-state index is -8.23. The van der Waals surface area contributed by atoms with Crippen molar-refractivity contribution in [2.45, 2.75) is 45.4 Å². The van der Waals surface area contributed by atoms with Gasteiger partial charge in [-0.3, -0.25) is 4.55 Å². The van der Waals surface area contributed by atoms with Crippen molar-refractivity contribution in [2.24, 2.45) is 0 Å². The molecule has 0 fully saturated rings. The van der Waals surface area contributed by atoms with Crippen molar-refractivity contribution in [2.75, 3.05) is 0 Å². The van der Waals surface area contributed by atoms with Gasteiger partial charge in [0.15, 0.2) is 0 Å². The van der Waals surface area contributed by atoms with Gasteiger partial charge in [-0.05, 0) is 0 Å². The monoisotopic (exact) mass is 532 g/mol. The predicted molar refractivity (Wildman–Crippen MR) is 61.7 cm³/mol. The van der Waals surface area contributed by atoms with Gasteiger partial charge in [0.1, 0.15) is 0 Å². The summed E-state index contributed by atoms with van der Waals surface area (Å²) in [5.41, 5.74) is 0. The average Bonchev–Trinajstić information content (AvgIpc) is 2.43. The molecular formula is C8HCl2F15O3S. The zero-order valence-electron chi connectivity index (χ0n) is 12.1. The molecule has 0 radical (unpaired) electrons. The molecule has 0 aliphatic rings. The van der Waals surface area contributed by atoms with Crippen LogP contribution in [0.4, 0.5) is 65.9 Å². The molecule has 0 amide bonds. The summed E-state index contributed by atoms with van der Waals surface area (Å²) in [6.07, 6.45) is -7.34. The Balaban J connectivity index is 6.90. The maximum Gasteiger partial charge on any atom is 0.443 e. The third kappa shape index (κ3) is 3.48. The molecule has 2 atom stereocenters. The highest BCUT2D eigenvalue weighted by Crippen LogP contribution is 2.65. The number of alkyl halides is 17. The number of hydrogen-bond donors (Lipinski definition) is 1. The van der Waals surface area contributed by atoms with Gasteiger partial charge in [-0.25, -0.2) is 8.78 Å². The molecule has 0 heterocycles. The average molecular weight is 533 g/mol. The molecular weight excluding hydrogens is 532 g/mol. The Morgan fingerprint density at radius 3 is 1.00 bits per heavy atom. The van der Waals surface area contributed by atoms with Crippen LogP contribution in [-0.4, -0.2) is 58.3 Å². The van der Waals surface area contributed by atoms with Crippen LogP contribution in [0.15, 0.2) is 0 Å². The van der Waals surface area contributed by atoms with Crippen molar-refractivity contribution in [3.63, 3.8) is 0 Å². The van der Waals surface area contributed by atoms with Gasteiger partial charge in [-0.2, -0.15) is 65.5 Å². The van der Waals surface area contributed by atoms with Gasteiger partial charge in [0, 0.05) is 0 Å². The third-order valence-electron chi connectivity index (χ3n) is 3.02. The molecule has 0 aromatic carbocycles. The molecule has 0 rings (SSSR count). The minimum Gasteiger partial charge on any atom is -0.281 e. The summed E-state index contributed by atoms with van der Waals surface area (Å²) < 4.78 is 222. The SMILES string of the molecule is O=S(=O)(O)C(F)(F)C(F)(F)C(F)(F)C(F)(Cl)C(F)(F)C(F)(F)C(F)(Cl)C(F)(F)F. The summed E-state index contributed by atoms with van der Waals surface area (Å²) in [7, 11) is -7.74. The fourth-order valence-corrected chi connectivity index (χ4v) is 2.12. The Hall–Kier alpha value is -0.560. The van der Waals surface area contributed by atoms with Crippen LogP contribution in [0.2, 0.25) is 0 Å².